The Morgan fingerprint density at radius 1 is 1.29 bits per heavy atom. The van der Waals surface area contributed by atoms with Crippen LogP contribution in [-0.4, -0.2) is 31.8 Å². The lowest BCUT2D eigenvalue weighted by Crippen LogP contribution is -2.29. The molecule has 2 aromatic rings. The Labute approximate surface area is 125 Å². The van der Waals surface area contributed by atoms with Gasteiger partial charge in [0.05, 0.1) is 5.69 Å². The van der Waals surface area contributed by atoms with Gasteiger partial charge in [-0.15, -0.1) is 0 Å². The molecular weight excluding hydrogens is 266 g/mol. The Bertz CT molecular complexity index is 626. The molecule has 0 aliphatic heterocycles. The smallest absolute Gasteiger partial charge is 0.239 e. The summed E-state index contributed by atoms with van der Waals surface area (Å²) >= 11 is 0. The van der Waals surface area contributed by atoms with Gasteiger partial charge in [0.2, 0.25) is 5.91 Å². The van der Waals surface area contributed by atoms with E-state index in [0.717, 1.165) is 24.5 Å². The second-order valence-electron chi connectivity index (χ2n) is 5.32. The number of carbonyl (C=O) groups excluding carboxylic acids is 1. The number of nitrogens with zero attached hydrogens (tertiary/aromatic N) is 4. The standard InChI is InChI=1S/C15H23N5O/c1-11-12(2)18-20(13(11)3)8-5-6-17-15(21)10-19-9-7-16-14(19)4/h7,9H,5-6,8,10H2,1-4H3,(H,17,21). The molecule has 0 saturated heterocycles. The van der Waals surface area contributed by atoms with Crippen LogP contribution in [0, 0.1) is 27.7 Å². The maximum Gasteiger partial charge on any atom is 0.239 e. The minimum Gasteiger partial charge on any atom is -0.354 e. The molecule has 0 unspecified atom stereocenters. The molecule has 0 aliphatic carbocycles. The number of aryl methyl sites for hydroxylation is 3. The van der Waals surface area contributed by atoms with E-state index in [1.54, 1.807) is 6.20 Å². The van der Waals surface area contributed by atoms with E-state index in [1.165, 1.54) is 11.3 Å². The normalized spacial score (nSPS) is 10.9. The fraction of sp³-hybridized carbons (Fsp3) is 0.533. The lowest BCUT2D eigenvalue weighted by Gasteiger charge is -2.08. The third-order valence-electron chi connectivity index (χ3n) is 3.85. The average molecular weight is 289 g/mol. The van der Waals surface area contributed by atoms with Crippen LogP contribution in [0.25, 0.3) is 0 Å². The van der Waals surface area contributed by atoms with Gasteiger partial charge in [0.1, 0.15) is 12.4 Å². The quantitative estimate of drug-likeness (QED) is 0.820. The van der Waals surface area contributed by atoms with Gasteiger partial charge in [0, 0.05) is 31.2 Å². The minimum atomic E-state index is 0.0145. The molecule has 1 N–H and O–H groups in total. The molecule has 1 amide bonds. The minimum absolute atomic E-state index is 0.0145. The topological polar surface area (TPSA) is 64.7 Å². The van der Waals surface area contributed by atoms with Gasteiger partial charge >= 0.3 is 0 Å². The third-order valence-corrected chi connectivity index (χ3v) is 3.85. The SMILES string of the molecule is Cc1nn(CCCNC(=O)Cn2ccnc2C)c(C)c1C. The van der Waals surface area contributed by atoms with Crippen molar-refractivity contribution in [1.29, 1.82) is 0 Å². The van der Waals surface area contributed by atoms with Crippen LogP contribution in [0.3, 0.4) is 0 Å². The predicted octanol–water partition coefficient (Wildman–Crippen LogP) is 1.52. The van der Waals surface area contributed by atoms with Crippen molar-refractivity contribution >= 4 is 5.91 Å². The van der Waals surface area contributed by atoms with Crippen molar-refractivity contribution < 1.29 is 4.79 Å². The molecule has 2 aromatic heterocycles. The summed E-state index contributed by atoms with van der Waals surface area (Å²) in [5, 5.41) is 7.42. The Hall–Kier alpha value is -2.11. The first kappa shape index (κ1) is 15.3. The highest BCUT2D eigenvalue weighted by molar-refractivity contribution is 5.75. The van der Waals surface area contributed by atoms with Crippen molar-refractivity contribution in [3.05, 3.63) is 35.2 Å². The molecule has 0 bridgehead atoms. The first-order valence-electron chi connectivity index (χ1n) is 7.24. The zero-order valence-corrected chi connectivity index (χ0v) is 13.2. The van der Waals surface area contributed by atoms with Crippen molar-refractivity contribution in [2.75, 3.05) is 6.54 Å². The predicted molar refractivity (Wildman–Crippen MR) is 81.0 cm³/mol. The average Bonchev–Trinajstić information content (AvgIpc) is 2.95. The summed E-state index contributed by atoms with van der Waals surface area (Å²) in [5.41, 5.74) is 3.52. The molecular formula is C15H23N5O. The van der Waals surface area contributed by atoms with Crippen LogP contribution in [0.2, 0.25) is 0 Å². The first-order chi connectivity index (χ1) is 9.99. The lowest BCUT2D eigenvalue weighted by atomic mass is 10.2. The van der Waals surface area contributed by atoms with Crippen LogP contribution in [0.4, 0.5) is 0 Å². The summed E-state index contributed by atoms with van der Waals surface area (Å²) in [6, 6.07) is 0. The van der Waals surface area contributed by atoms with E-state index in [-0.39, 0.29) is 5.91 Å². The van der Waals surface area contributed by atoms with Gasteiger partial charge in [0.15, 0.2) is 0 Å². The van der Waals surface area contributed by atoms with Crippen molar-refractivity contribution in [2.45, 2.75) is 47.2 Å². The van der Waals surface area contributed by atoms with E-state index in [4.69, 9.17) is 0 Å². The molecule has 21 heavy (non-hydrogen) atoms. The molecule has 0 aliphatic rings. The summed E-state index contributed by atoms with van der Waals surface area (Å²) in [6.07, 6.45) is 4.39. The maximum absolute atomic E-state index is 11.8. The largest absolute Gasteiger partial charge is 0.354 e. The Balaban J connectivity index is 1.73. The lowest BCUT2D eigenvalue weighted by molar-refractivity contribution is -0.121. The van der Waals surface area contributed by atoms with E-state index >= 15 is 0 Å². The van der Waals surface area contributed by atoms with Crippen LogP contribution < -0.4 is 5.32 Å². The van der Waals surface area contributed by atoms with Crippen LogP contribution in [0.1, 0.15) is 29.2 Å². The van der Waals surface area contributed by atoms with Crippen molar-refractivity contribution in [3.63, 3.8) is 0 Å². The second kappa shape index (κ2) is 6.56. The van der Waals surface area contributed by atoms with Gasteiger partial charge in [-0.3, -0.25) is 9.48 Å². The molecule has 0 atom stereocenters. The molecule has 0 spiro atoms. The van der Waals surface area contributed by atoms with E-state index in [1.807, 2.05) is 29.3 Å². The second-order valence-corrected chi connectivity index (χ2v) is 5.32. The van der Waals surface area contributed by atoms with Gasteiger partial charge in [0.25, 0.3) is 0 Å². The summed E-state index contributed by atoms with van der Waals surface area (Å²) in [6.45, 7) is 9.88. The molecule has 6 heteroatoms. The Morgan fingerprint density at radius 3 is 2.62 bits per heavy atom. The number of hydrogen-bond donors (Lipinski definition) is 1. The number of rotatable bonds is 6. The van der Waals surface area contributed by atoms with Gasteiger partial charge in [-0.25, -0.2) is 4.98 Å². The number of aromatic nitrogens is 4. The number of nitrogens with one attached hydrogen (secondary N) is 1. The first-order valence-corrected chi connectivity index (χ1v) is 7.24. The molecule has 2 rings (SSSR count). The summed E-state index contributed by atoms with van der Waals surface area (Å²) < 4.78 is 3.84. The monoisotopic (exact) mass is 289 g/mol. The van der Waals surface area contributed by atoms with Gasteiger partial charge in [-0.05, 0) is 39.7 Å². The highest BCUT2D eigenvalue weighted by Gasteiger charge is 2.07. The van der Waals surface area contributed by atoms with E-state index in [9.17, 15) is 4.79 Å². The van der Waals surface area contributed by atoms with Gasteiger partial charge in [-0.1, -0.05) is 0 Å². The van der Waals surface area contributed by atoms with Crippen LogP contribution >= 0.6 is 0 Å². The van der Waals surface area contributed by atoms with Gasteiger partial charge in [-0.2, -0.15) is 5.10 Å². The molecule has 0 aromatic carbocycles. The third kappa shape index (κ3) is 3.71. The highest BCUT2D eigenvalue weighted by atomic mass is 16.1. The maximum atomic E-state index is 11.8. The van der Waals surface area contributed by atoms with E-state index in [0.29, 0.717) is 13.1 Å². The molecule has 0 saturated carbocycles. The van der Waals surface area contributed by atoms with Crippen LogP contribution in [-0.2, 0) is 17.9 Å². The highest BCUT2D eigenvalue weighted by Crippen LogP contribution is 2.10. The van der Waals surface area contributed by atoms with Crippen molar-refractivity contribution in [1.82, 2.24) is 24.6 Å². The fourth-order valence-electron chi connectivity index (χ4n) is 2.24. The summed E-state index contributed by atoms with van der Waals surface area (Å²) in [4.78, 5) is 15.9. The number of amides is 1. The number of hydrogen-bond acceptors (Lipinski definition) is 3. The van der Waals surface area contributed by atoms with Crippen LogP contribution in [0.15, 0.2) is 12.4 Å². The summed E-state index contributed by atoms with van der Waals surface area (Å²) in [7, 11) is 0. The van der Waals surface area contributed by atoms with Crippen molar-refractivity contribution in [3.8, 4) is 0 Å². The molecule has 6 nitrogen and oxygen atoms in total. The number of imidazole rings is 1. The molecule has 0 radical (unpaired) electrons. The van der Waals surface area contributed by atoms with Crippen molar-refractivity contribution in [2.24, 2.45) is 0 Å². The number of carbonyl (C=O) groups is 1. The fourth-order valence-corrected chi connectivity index (χ4v) is 2.24. The molecule has 0 fully saturated rings. The molecule has 2 heterocycles. The van der Waals surface area contributed by atoms with E-state index < -0.39 is 0 Å². The van der Waals surface area contributed by atoms with E-state index in [2.05, 4.69) is 29.2 Å². The Morgan fingerprint density at radius 2 is 2.05 bits per heavy atom. The zero-order chi connectivity index (χ0) is 15.4. The zero-order valence-electron chi connectivity index (χ0n) is 13.2. The molecule has 114 valence electrons. The Kier molecular flexibility index (Phi) is 4.77. The summed E-state index contributed by atoms with van der Waals surface area (Å²) in [5.74, 6) is 0.865. The van der Waals surface area contributed by atoms with Gasteiger partial charge < -0.3 is 9.88 Å². The van der Waals surface area contributed by atoms with Crippen LogP contribution in [0.5, 0.6) is 0 Å².